The highest BCUT2D eigenvalue weighted by molar-refractivity contribution is 7.98. The van der Waals surface area contributed by atoms with E-state index in [1.54, 1.807) is 0 Å². The molecule has 1 aromatic carbocycles. The number of benzene rings is 1. The van der Waals surface area contributed by atoms with Gasteiger partial charge in [0.2, 0.25) is 23.6 Å². The fraction of sp³-hybridized carbons (Fsp3) is 0.478. The number of thioether (sulfide) groups is 1. The molecule has 4 amide bonds. The second-order valence-electron chi connectivity index (χ2n) is 8.38. The van der Waals surface area contributed by atoms with Crippen LogP contribution in [0.2, 0.25) is 0 Å². The Balaban J connectivity index is 3.15. The molecule has 210 valence electrons. The predicted molar refractivity (Wildman–Crippen MR) is 137 cm³/mol. The van der Waals surface area contributed by atoms with E-state index >= 15 is 0 Å². The molecule has 38 heavy (non-hydrogen) atoms. The van der Waals surface area contributed by atoms with Crippen LogP contribution in [0, 0.1) is 0 Å². The molecule has 4 unspecified atom stereocenters. The number of amides is 4. The average Bonchev–Trinajstić information content (AvgIpc) is 2.84. The summed E-state index contributed by atoms with van der Waals surface area (Å²) < 4.78 is 0. The van der Waals surface area contributed by atoms with Gasteiger partial charge in [-0.25, -0.2) is 4.79 Å². The summed E-state index contributed by atoms with van der Waals surface area (Å²) in [4.78, 5) is 72.4. The Morgan fingerprint density at radius 3 is 1.95 bits per heavy atom. The smallest absolute Gasteiger partial charge is 0.326 e. The van der Waals surface area contributed by atoms with Crippen LogP contribution in [0.4, 0.5) is 0 Å². The molecule has 0 aliphatic heterocycles. The van der Waals surface area contributed by atoms with Gasteiger partial charge in [-0.05, 0) is 42.5 Å². The fourth-order valence-electron chi connectivity index (χ4n) is 3.20. The van der Waals surface area contributed by atoms with E-state index in [9.17, 15) is 44.1 Å². The third-order valence-corrected chi connectivity index (χ3v) is 5.93. The van der Waals surface area contributed by atoms with Gasteiger partial charge in [-0.3, -0.25) is 24.0 Å². The first-order valence-corrected chi connectivity index (χ1v) is 12.9. The number of primary amides is 1. The van der Waals surface area contributed by atoms with Crippen LogP contribution in [0.15, 0.2) is 24.3 Å². The predicted octanol–water partition coefficient (Wildman–Crippen LogP) is -1.71. The van der Waals surface area contributed by atoms with Crippen molar-refractivity contribution in [2.45, 2.75) is 56.3 Å². The SMILES string of the molecule is CSCCC(N)C(=O)NC(CC(=O)O)C(=O)NC(Cc1ccc(O)cc1)C(=O)NC(CCC(N)=O)C(=O)O. The first-order chi connectivity index (χ1) is 17.8. The van der Waals surface area contributed by atoms with Crippen LogP contribution in [0.25, 0.3) is 0 Å². The highest BCUT2D eigenvalue weighted by atomic mass is 32.2. The second kappa shape index (κ2) is 16.1. The molecule has 4 atom stereocenters. The van der Waals surface area contributed by atoms with Gasteiger partial charge in [-0.2, -0.15) is 11.8 Å². The lowest BCUT2D eigenvalue weighted by atomic mass is 10.0. The van der Waals surface area contributed by atoms with Gasteiger partial charge in [0.25, 0.3) is 0 Å². The number of phenols is 1. The minimum absolute atomic E-state index is 0.0572. The standard InChI is InChI=1S/C23H33N5O9S/c1-38-9-8-14(24)20(33)27-17(11-19(31)32)22(35)28-16(10-12-2-4-13(29)5-3-12)21(34)26-15(23(36)37)6-7-18(25)30/h2-5,14-17,29H,6-11,24H2,1H3,(H2,25,30)(H,26,34)(H,27,33)(H,28,35)(H,31,32)(H,36,37). The van der Waals surface area contributed by atoms with Crippen molar-refractivity contribution in [1.29, 1.82) is 0 Å². The third-order valence-electron chi connectivity index (χ3n) is 5.28. The third kappa shape index (κ3) is 11.9. The van der Waals surface area contributed by atoms with Crippen molar-refractivity contribution in [1.82, 2.24) is 16.0 Å². The Morgan fingerprint density at radius 1 is 0.868 bits per heavy atom. The number of phenolic OH excluding ortho intramolecular Hbond substituents is 1. The number of nitrogens with one attached hydrogen (secondary N) is 3. The largest absolute Gasteiger partial charge is 0.508 e. The molecule has 15 heteroatoms. The highest BCUT2D eigenvalue weighted by Gasteiger charge is 2.31. The zero-order valence-corrected chi connectivity index (χ0v) is 21.5. The quantitative estimate of drug-likeness (QED) is 0.107. The second-order valence-corrected chi connectivity index (χ2v) is 9.37. The van der Waals surface area contributed by atoms with Gasteiger partial charge in [0.15, 0.2) is 0 Å². The van der Waals surface area contributed by atoms with Crippen molar-refractivity contribution in [3.63, 3.8) is 0 Å². The number of carbonyl (C=O) groups is 6. The van der Waals surface area contributed by atoms with Crippen LogP contribution < -0.4 is 27.4 Å². The highest BCUT2D eigenvalue weighted by Crippen LogP contribution is 2.12. The monoisotopic (exact) mass is 555 g/mol. The summed E-state index contributed by atoms with van der Waals surface area (Å²) in [5, 5.41) is 35.0. The zero-order chi connectivity index (χ0) is 28.8. The van der Waals surface area contributed by atoms with E-state index in [0.29, 0.717) is 11.3 Å². The van der Waals surface area contributed by atoms with Crippen molar-refractivity contribution in [2.24, 2.45) is 11.5 Å². The molecule has 0 radical (unpaired) electrons. The van der Waals surface area contributed by atoms with Crippen molar-refractivity contribution in [3.8, 4) is 5.75 Å². The molecule has 0 heterocycles. The van der Waals surface area contributed by atoms with Crippen LogP contribution in [-0.2, 0) is 35.2 Å². The topological polar surface area (TPSA) is 251 Å². The van der Waals surface area contributed by atoms with E-state index in [1.165, 1.54) is 36.0 Å². The van der Waals surface area contributed by atoms with E-state index in [2.05, 4.69) is 16.0 Å². The number of rotatable bonds is 17. The maximum absolute atomic E-state index is 13.0. The number of carboxylic acids is 2. The summed E-state index contributed by atoms with van der Waals surface area (Å²) >= 11 is 1.45. The molecule has 0 aromatic heterocycles. The van der Waals surface area contributed by atoms with Gasteiger partial charge in [-0.1, -0.05) is 12.1 Å². The molecule has 0 saturated carbocycles. The molecule has 0 saturated heterocycles. The molecule has 1 rings (SSSR count). The van der Waals surface area contributed by atoms with E-state index in [4.69, 9.17) is 11.5 Å². The number of nitrogens with two attached hydrogens (primary N) is 2. The summed E-state index contributed by atoms with van der Waals surface area (Å²) in [6.07, 6.45) is 0.477. The van der Waals surface area contributed by atoms with E-state index in [1.807, 2.05) is 6.26 Å². The minimum atomic E-state index is -1.58. The number of carboxylic acid groups (broad SMARTS) is 2. The van der Waals surface area contributed by atoms with Gasteiger partial charge in [0.05, 0.1) is 12.5 Å². The summed E-state index contributed by atoms with van der Waals surface area (Å²) in [5.74, 6) is -5.83. The molecular formula is C23H33N5O9S. The number of carbonyl (C=O) groups excluding carboxylic acids is 4. The maximum Gasteiger partial charge on any atom is 0.326 e. The number of aromatic hydroxyl groups is 1. The lowest BCUT2D eigenvalue weighted by Crippen LogP contribution is -2.58. The van der Waals surface area contributed by atoms with Crippen molar-refractivity contribution in [3.05, 3.63) is 29.8 Å². The molecule has 14 nitrogen and oxygen atoms in total. The summed E-state index contributed by atoms with van der Waals surface area (Å²) in [7, 11) is 0. The molecule has 0 bridgehead atoms. The van der Waals surface area contributed by atoms with Gasteiger partial charge < -0.3 is 42.7 Å². The minimum Gasteiger partial charge on any atom is -0.508 e. The summed E-state index contributed by atoms with van der Waals surface area (Å²) in [6, 6.07) is 0.101. The van der Waals surface area contributed by atoms with Gasteiger partial charge in [0.1, 0.15) is 23.9 Å². The molecule has 0 fully saturated rings. The molecule has 0 spiro atoms. The molecule has 10 N–H and O–H groups in total. The summed E-state index contributed by atoms with van der Waals surface area (Å²) in [5.41, 5.74) is 11.3. The normalized spacial score (nSPS) is 13.8. The first-order valence-electron chi connectivity index (χ1n) is 11.5. The molecule has 1 aromatic rings. The molecule has 0 aliphatic rings. The van der Waals surface area contributed by atoms with Crippen molar-refractivity contribution >= 4 is 47.3 Å². The Labute approximate surface area is 222 Å². The van der Waals surface area contributed by atoms with E-state index in [0.717, 1.165) is 0 Å². The lowest BCUT2D eigenvalue weighted by molar-refractivity contribution is -0.143. The lowest BCUT2D eigenvalue weighted by Gasteiger charge is -2.25. The van der Waals surface area contributed by atoms with Crippen molar-refractivity contribution < 1.29 is 44.1 Å². The number of aliphatic carboxylic acids is 2. The molecular weight excluding hydrogens is 522 g/mol. The Kier molecular flexibility index (Phi) is 13.6. The van der Waals surface area contributed by atoms with Crippen LogP contribution in [-0.4, -0.2) is 87.1 Å². The van der Waals surface area contributed by atoms with Crippen LogP contribution in [0.1, 0.15) is 31.2 Å². The van der Waals surface area contributed by atoms with Crippen LogP contribution in [0.5, 0.6) is 5.75 Å². The summed E-state index contributed by atoms with van der Waals surface area (Å²) in [6.45, 7) is 0. The Bertz CT molecular complexity index is 1010. The first kappa shape index (κ1) is 32.2. The van der Waals surface area contributed by atoms with Gasteiger partial charge in [0, 0.05) is 12.8 Å². The van der Waals surface area contributed by atoms with Crippen LogP contribution in [0.3, 0.4) is 0 Å². The fourth-order valence-corrected chi connectivity index (χ4v) is 3.69. The number of hydrogen-bond acceptors (Lipinski definition) is 9. The van der Waals surface area contributed by atoms with E-state index < -0.39 is 66.2 Å². The van der Waals surface area contributed by atoms with Gasteiger partial charge in [-0.15, -0.1) is 0 Å². The Hall–Kier alpha value is -3.85. The maximum atomic E-state index is 13.0. The Morgan fingerprint density at radius 2 is 1.42 bits per heavy atom. The average molecular weight is 556 g/mol. The number of hydrogen-bond donors (Lipinski definition) is 8. The van der Waals surface area contributed by atoms with Crippen molar-refractivity contribution in [2.75, 3.05) is 12.0 Å². The molecule has 0 aliphatic carbocycles. The van der Waals surface area contributed by atoms with Gasteiger partial charge >= 0.3 is 11.9 Å². The van der Waals surface area contributed by atoms with Crippen LogP contribution >= 0.6 is 11.8 Å². The van der Waals surface area contributed by atoms with E-state index in [-0.39, 0.29) is 31.4 Å². The zero-order valence-electron chi connectivity index (χ0n) is 20.7.